The zero-order valence-corrected chi connectivity index (χ0v) is 12.6. The Morgan fingerprint density at radius 2 is 1.72 bits per heavy atom. The molecule has 0 aliphatic heterocycles. The number of aromatic nitrogens is 5. The molecule has 4 rings (SSSR count). The second-order valence-electron chi connectivity index (χ2n) is 5.31. The molecule has 25 heavy (non-hydrogen) atoms. The first-order valence-corrected chi connectivity index (χ1v) is 7.32. The number of nitrogens with zero attached hydrogens (tertiary/aromatic N) is 4. The van der Waals surface area contributed by atoms with Crippen LogP contribution >= 0.6 is 0 Å². The molecule has 0 unspecified atom stereocenters. The summed E-state index contributed by atoms with van der Waals surface area (Å²) < 4.78 is 38.7. The molecule has 3 aromatic heterocycles. The predicted molar refractivity (Wildman–Crippen MR) is 85.4 cm³/mol. The maximum atomic E-state index is 12.9. The van der Waals surface area contributed by atoms with Crippen LogP contribution in [0.3, 0.4) is 0 Å². The van der Waals surface area contributed by atoms with Gasteiger partial charge in [0.05, 0.1) is 16.7 Å². The maximum Gasteiger partial charge on any atom is 0.433 e. The van der Waals surface area contributed by atoms with Crippen LogP contribution in [0.25, 0.3) is 33.5 Å². The fourth-order valence-corrected chi connectivity index (χ4v) is 2.56. The molecular formula is C17H10F3N5. The van der Waals surface area contributed by atoms with Crippen LogP contribution in [0, 0.1) is 0 Å². The topological polar surface area (TPSA) is 67.3 Å². The molecule has 0 aliphatic carbocycles. The molecule has 0 radical (unpaired) electrons. The van der Waals surface area contributed by atoms with Crippen molar-refractivity contribution in [1.82, 2.24) is 25.1 Å². The summed E-state index contributed by atoms with van der Waals surface area (Å²) in [6.45, 7) is 0. The minimum Gasteiger partial charge on any atom is -0.284 e. The number of hydrogen-bond donors (Lipinski definition) is 1. The molecule has 0 saturated heterocycles. The highest BCUT2D eigenvalue weighted by Gasteiger charge is 2.32. The number of benzene rings is 1. The highest BCUT2D eigenvalue weighted by Crippen LogP contribution is 2.33. The van der Waals surface area contributed by atoms with Crippen LogP contribution in [0.1, 0.15) is 5.69 Å². The number of aromatic amines is 1. The van der Waals surface area contributed by atoms with E-state index in [1.54, 1.807) is 24.7 Å². The van der Waals surface area contributed by atoms with Gasteiger partial charge in [0.2, 0.25) is 0 Å². The van der Waals surface area contributed by atoms with Crippen molar-refractivity contribution in [2.45, 2.75) is 6.18 Å². The van der Waals surface area contributed by atoms with Gasteiger partial charge in [-0.05, 0) is 29.8 Å². The van der Waals surface area contributed by atoms with E-state index >= 15 is 0 Å². The first-order chi connectivity index (χ1) is 12.0. The molecule has 0 saturated carbocycles. The van der Waals surface area contributed by atoms with E-state index in [9.17, 15) is 13.2 Å². The van der Waals surface area contributed by atoms with E-state index in [0.717, 1.165) is 17.1 Å². The van der Waals surface area contributed by atoms with Crippen molar-refractivity contribution in [3.8, 4) is 22.5 Å². The van der Waals surface area contributed by atoms with Crippen LogP contribution in [0.2, 0.25) is 0 Å². The minimum atomic E-state index is -4.51. The summed E-state index contributed by atoms with van der Waals surface area (Å²) in [7, 11) is 0. The van der Waals surface area contributed by atoms with Gasteiger partial charge in [-0.25, -0.2) is 4.98 Å². The molecule has 8 heteroatoms. The van der Waals surface area contributed by atoms with Gasteiger partial charge in [0, 0.05) is 24.2 Å². The lowest BCUT2D eigenvalue weighted by Gasteiger charge is -2.08. The van der Waals surface area contributed by atoms with Gasteiger partial charge in [-0.15, -0.1) is 0 Å². The lowest BCUT2D eigenvalue weighted by Crippen LogP contribution is -2.08. The molecule has 3 heterocycles. The summed E-state index contributed by atoms with van der Waals surface area (Å²) in [6.07, 6.45) is 0.286. The van der Waals surface area contributed by atoms with E-state index in [1.165, 1.54) is 12.1 Å². The lowest BCUT2D eigenvalue weighted by atomic mass is 10.0. The summed E-state index contributed by atoms with van der Waals surface area (Å²) in [5.74, 6) is 0. The summed E-state index contributed by atoms with van der Waals surface area (Å²) >= 11 is 0. The van der Waals surface area contributed by atoms with Gasteiger partial charge in [0.25, 0.3) is 0 Å². The standard InChI is InChI=1S/C17H10F3N5/c18-17(19,20)15-3-1-2-13(24-15)16-11(9-23-25-16)10-4-5-12-14(8-10)22-7-6-21-12/h1-9H,(H,23,25). The van der Waals surface area contributed by atoms with E-state index < -0.39 is 11.9 Å². The number of H-pyrrole nitrogens is 1. The van der Waals surface area contributed by atoms with Gasteiger partial charge >= 0.3 is 6.18 Å². The molecule has 0 spiro atoms. The molecule has 5 nitrogen and oxygen atoms in total. The summed E-state index contributed by atoms with van der Waals surface area (Å²) in [5.41, 5.74) is 2.34. The van der Waals surface area contributed by atoms with E-state index in [-0.39, 0.29) is 5.69 Å². The number of pyridine rings is 1. The smallest absolute Gasteiger partial charge is 0.284 e. The molecule has 1 aromatic carbocycles. The zero-order valence-electron chi connectivity index (χ0n) is 12.6. The highest BCUT2D eigenvalue weighted by molar-refractivity contribution is 5.85. The van der Waals surface area contributed by atoms with Crippen LogP contribution in [0.15, 0.2) is 55.0 Å². The van der Waals surface area contributed by atoms with E-state index in [2.05, 4.69) is 25.1 Å². The van der Waals surface area contributed by atoms with Crippen molar-refractivity contribution in [3.05, 3.63) is 60.7 Å². The average Bonchev–Trinajstić information content (AvgIpc) is 3.10. The number of halogens is 3. The molecule has 124 valence electrons. The summed E-state index contributed by atoms with van der Waals surface area (Å²) in [6, 6.07) is 9.17. The number of nitrogens with one attached hydrogen (secondary N) is 1. The van der Waals surface area contributed by atoms with Crippen LogP contribution in [-0.2, 0) is 6.18 Å². The second kappa shape index (κ2) is 5.66. The molecule has 0 bridgehead atoms. The molecular weight excluding hydrogens is 331 g/mol. The predicted octanol–water partition coefficient (Wildman–Crippen LogP) is 4.10. The zero-order chi connectivity index (χ0) is 17.4. The number of fused-ring (bicyclic) bond motifs is 1. The Labute approximate surface area is 139 Å². The third-order valence-electron chi connectivity index (χ3n) is 3.70. The Kier molecular flexibility index (Phi) is 3.45. The molecule has 0 atom stereocenters. The Balaban J connectivity index is 1.83. The Hall–Kier alpha value is -3.29. The monoisotopic (exact) mass is 341 g/mol. The maximum absolute atomic E-state index is 12.9. The van der Waals surface area contributed by atoms with Crippen molar-refractivity contribution in [2.24, 2.45) is 0 Å². The number of hydrogen-bond acceptors (Lipinski definition) is 4. The van der Waals surface area contributed by atoms with E-state index in [0.29, 0.717) is 16.8 Å². The van der Waals surface area contributed by atoms with Gasteiger partial charge in [-0.1, -0.05) is 12.1 Å². The van der Waals surface area contributed by atoms with Crippen molar-refractivity contribution < 1.29 is 13.2 Å². The van der Waals surface area contributed by atoms with Gasteiger partial charge in [0.15, 0.2) is 0 Å². The molecule has 4 aromatic rings. The van der Waals surface area contributed by atoms with Crippen LogP contribution < -0.4 is 0 Å². The third kappa shape index (κ3) is 2.82. The largest absolute Gasteiger partial charge is 0.433 e. The van der Waals surface area contributed by atoms with Gasteiger partial charge < -0.3 is 0 Å². The quantitative estimate of drug-likeness (QED) is 0.596. The molecule has 1 N–H and O–H groups in total. The Morgan fingerprint density at radius 1 is 0.920 bits per heavy atom. The van der Waals surface area contributed by atoms with Crippen LogP contribution in [0.4, 0.5) is 13.2 Å². The Bertz CT molecular complexity index is 1060. The van der Waals surface area contributed by atoms with Gasteiger partial charge in [0.1, 0.15) is 11.4 Å². The first-order valence-electron chi connectivity index (χ1n) is 7.32. The first kappa shape index (κ1) is 15.3. The van der Waals surface area contributed by atoms with Crippen LogP contribution in [0.5, 0.6) is 0 Å². The normalized spacial score (nSPS) is 11.8. The molecule has 0 aliphatic rings. The highest BCUT2D eigenvalue weighted by atomic mass is 19.4. The van der Waals surface area contributed by atoms with E-state index in [4.69, 9.17) is 0 Å². The fraction of sp³-hybridized carbons (Fsp3) is 0.0588. The van der Waals surface area contributed by atoms with Crippen molar-refractivity contribution in [1.29, 1.82) is 0 Å². The summed E-state index contributed by atoms with van der Waals surface area (Å²) in [5, 5.41) is 6.77. The molecule has 0 amide bonds. The summed E-state index contributed by atoms with van der Waals surface area (Å²) in [4.78, 5) is 12.1. The Morgan fingerprint density at radius 3 is 2.52 bits per heavy atom. The third-order valence-corrected chi connectivity index (χ3v) is 3.70. The SMILES string of the molecule is FC(F)(F)c1cccc(-c2n[nH]cc2-c2ccc3nccnc3c2)n1. The van der Waals surface area contributed by atoms with E-state index in [1.807, 2.05) is 12.1 Å². The van der Waals surface area contributed by atoms with Crippen molar-refractivity contribution >= 4 is 11.0 Å². The lowest BCUT2D eigenvalue weighted by molar-refractivity contribution is -0.141. The van der Waals surface area contributed by atoms with Gasteiger partial charge in [-0.3, -0.25) is 15.1 Å². The second-order valence-corrected chi connectivity index (χ2v) is 5.31. The average molecular weight is 341 g/mol. The van der Waals surface area contributed by atoms with Crippen molar-refractivity contribution in [3.63, 3.8) is 0 Å². The molecule has 0 fully saturated rings. The van der Waals surface area contributed by atoms with Crippen LogP contribution in [-0.4, -0.2) is 25.1 Å². The van der Waals surface area contributed by atoms with Gasteiger partial charge in [-0.2, -0.15) is 18.3 Å². The fourth-order valence-electron chi connectivity index (χ4n) is 2.56. The minimum absolute atomic E-state index is 0.144. The van der Waals surface area contributed by atoms with Crippen molar-refractivity contribution in [2.75, 3.05) is 0 Å². The number of alkyl halides is 3. The number of rotatable bonds is 2.